The third-order valence-corrected chi connectivity index (χ3v) is 5.48. The molecule has 0 unspecified atom stereocenters. The summed E-state index contributed by atoms with van der Waals surface area (Å²) in [5.74, 6) is 0.130. The van der Waals surface area contributed by atoms with Gasteiger partial charge in [0, 0.05) is 5.54 Å². The third kappa shape index (κ3) is 5.27. The summed E-state index contributed by atoms with van der Waals surface area (Å²) in [6, 6.07) is 8.19. The van der Waals surface area contributed by atoms with E-state index in [4.69, 9.17) is 12.2 Å². The predicted molar refractivity (Wildman–Crippen MR) is 111 cm³/mol. The Hall–Kier alpha value is -2.03. The van der Waals surface area contributed by atoms with Gasteiger partial charge in [0.25, 0.3) is 5.91 Å². The number of benzene rings is 1. The number of amides is 1. The van der Waals surface area contributed by atoms with Crippen LogP contribution in [0.5, 0.6) is 0 Å². The predicted octanol–water partition coefficient (Wildman–Crippen LogP) is -0.633. The Labute approximate surface area is 171 Å². The van der Waals surface area contributed by atoms with Crippen molar-refractivity contribution in [2.45, 2.75) is 39.9 Å². The Balaban J connectivity index is 1.55. The van der Waals surface area contributed by atoms with E-state index in [0.717, 1.165) is 43.3 Å². The van der Waals surface area contributed by atoms with E-state index in [1.807, 2.05) is 48.5 Å². The van der Waals surface area contributed by atoms with Gasteiger partial charge in [0.1, 0.15) is 32.5 Å². The molecule has 8 heteroatoms. The fourth-order valence-electron chi connectivity index (χ4n) is 3.64. The smallest absolute Gasteiger partial charge is 0.275 e. The van der Waals surface area contributed by atoms with Gasteiger partial charge in [-0.25, -0.2) is 0 Å². The largest absolute Gasteiger partial charge is 0.347 e. The van der Waals surface area contributed by atoms with E-state index in [0.29, 0.717) is 6.54 Å². The Bertz CT molecular complexity index is 873. The zero-order valence-electron chi connectivity index (χ0n) is 17.3. The first-order valence-corrected chi connectivity index (χ1v) is 10.3. The summed E-state index contributed by atoms with van der Waals surface area (Å²) in [6.07, 6.45) is 1.81. The minimum Gasteiger partial charge on any atom is -0.347 e. The molecule has 1 aliphatic rings. The van der Waals surface area contributed by atoms with Gasteiger partial charge >= 0.3 is 0 Å². The van der Waals surface area contributed by atoms with Crippen LogP contribution in [-0.4, -0.2) is 58.5 Å². The Morgan fingerprint density at radius 2 is 1.82 bits per heavy atom. The lowest BCUT2D eigenvalue weighted by Gasteiger charge is -2.30. The van der Waals surface area contributed by atoms with Crippen LogP contribution in [0, 0.1) is 11.7 Å². The second kappa shape index (κ2) is 8.55. The molecule has 152 valence electrons. The molecule has 0 bridgehead atoms. The number of hydrogen-bond donors (Lipinski definition) is 3. The molecule has 0 spiro atoms. The molecule has 28 heavy (non-hydrogen) atoms. The van der Waals surface area contributed by atoms with Crippen molar-refractivity contribution in [1.29, 1.82) is 0 Å². The number of piperazine rings is 1. The monoisotopic (exact) mass is 404 g/mol. The molecule has 1 aliphatic heterocycles. The van der Waals surface area contributed by atoms with E-state index in [-0.39, 0.29) is 11.4 Å². The lowest BCUT2D eigenvalue weighted by Crippen LogP contribution is -3.28. The molecule has 7 nitrogen and oxygen atoms in total. The van der Waals surface area contributed by atoms with Gasteiger partial charge in [-0.3, -0.25) is 9.36 Å². The van der Waals surface area contributed by atoms with Crippen LogP contribution in [0.2, 0.25) is 0 Å². The highest BCUT2D eigenvalue weighted by atomic mass is 32.1. The van der Waals surface area contributed by atoms with Gasteiger partial charge in [-0.2, -0.15) is 9.78 Å². The molecule has 1 aromatic heterocycles. The van der Waals surface area contributed by atoms with E-state index in [1.165, 1.54) is 15.4 Å². The molecule has 1 fully saturated rings. The molecule has 0 aliphatic carbocycles. The van der Waals surface area contributed by atoms with Crippen molar-refractivity contribution < 1.29 is 14.6 Å². The van der Waals surface area contributed by atoms with Crippen molar-refractivity contribution in [2.75, 3.05) is 32.7 Å². The molecule has 0 saturated carbocycles. The maximum atomic E-state index is 12.1. The van der Waals surface area contributed by atoms with Crippen LogP contribution in [0.4, 0.5) is 0 Å². The number of carbonyl (C=O) groups is 1. The number of carbonyl (C=O) groups excluding carboxylic acids is 1. The number of quaternary nitrogens is 2. The third-order valence-electron chi connectivity index (χ3n) is 5.07. The fraction of sp³-hybridized carbons (Fsp3) is 0.550. The highest BCUT2D eigenvalue weighted by Crippen LogP contribution is 2.13. The maximum absolute atomic E-state index is 12.1. The molecular weight excluding hydrogens is 372 g/mol. The molecule has 3 N–H and O–H groups in total. The van der Waals surface area contributed by atoms with E-state index in [1.54, 1.807) is 0 Å². The number of nitrogens with one attached hydrogen (secondary N) is 3. The van der Waals surface area contributed by atoms with Crippen LogP contribution in [0.15, 0.2) is 30.6 Å². The molecule has 1 saturated heterocycles. The van der Waals surface area contributed by atoms with Crippen molar-refractivity contribution in [2.24, 2.45) is 0 Å². The average molecular weight is 405 g/mol. The summed E-state index contributed by atoms with van der Waals surface area (Å²) in [5, 5.41) is 7.57. The Morgan fingerprint density at radius 1 is 1.18 bits per heavy atom. The Morgan fingerprint density at radius 3 is 2.46 bits per heavy atom. The highest BCUT2D eigenvalue weighted by Gasteiger charge is 2.26. The van der Waals surface area contributed by atoms with Gasteiger partial charge in [-0.15, -0.1) is 0 Å². The van der Waals surface area contributed by atoms with Crippen molar-refractivity contribution in [1.82, 2.24) is 19.7 Å². The number of aryl methyl sites for hydroxylation is 1. The fourth-order valence-corrected chi connectivity index (χ4v) is 3.90. The zero-order valence-corrected chi connectivity index (χ0v) is 18.1. The van der Waals surface area contributed by atoms with Crippen molar-refractivity contribution in [3.05, 3.63) is 40.9 Å². The minimum atomic E-state index is -0.171. The van der Waals surface area contributed by atoms with E-state index < -0.39 is 0 Å². The first-order chi connectivity index (χ1) is 13.2. The maximum Gasteiger partial charge on any atom is 0.275 e. The van der Waals surface area contributed by atoms with Crippen LogP contribution in [-0.2, 0) is 11.5 Å². The zero-order chi connectivity index (χ0) is 20.3. The van der Waals surface area contributed by atoms with Crippen molar-refractivity contribution in [3.8, 4) is 5.69 Å². The SMILES string of the molecule is Cc1ccccc1-n1cnn(C[NH+]2CC[NH+](CC(=O)NC(C)(C)C)CC2)c1=S. The van der Waals surface area contributed by atoms with Gasteiger partial charge in [0.05, 0.1) is 5.69 Å². The lowest BCUT2D eigenvalue weighted by molar-refractivity contribution is -1.02. The van der Waals surface area contributed by atoms with Crippen molar-refractivity contribution in [3.63, 3.8) is 0 Å². The van der Waals surface area contributed by atoms with Crippen LogP contribution >= 0.6 is 12.2 Å². The molecule has 2 aromatic rings. The summed E-state index contributed by atoms with van der Waals surface area (Å²) in [4.78, 5) is 14.9. The summed E-state index contributed by atoms with van der Waals surface area (Å²) in [6.45, 7) is 13.4. The highest BCUT2D eigenvalue weighted by molar-refractivity contribution is 7.71. The van der Waals surface area contributed by atoms with Gasteiger partial charge in [-0.05, 0) is 51.5 Å². The van der Waals surface area contributed by atoms with Crippen LogP contribution in [0.1, 0.15) is 26.3 Å². The molecular formula is C20H32N6OS+2. The molecule has 0 atom stereocenters. The lowest BCUT2D eigenvalue weighted by atomic mass is 10.1. The summed E-state index contributed by atoms with van der Waals surface area (Å²) in [7, 11) is 0. The molecule has 0 radical (unpaired) electrons. The number of nitrogens with zero attached hydrogens (tertiary/aromatic N) is 3. The normalized spacial score (nSPS) is 20.1. The quantitative estimate of drug-likeness (QED) is 0.582. The second-order valence-electron chi connectivity index (χ2n) is 8.70. The Kier molecular flexibility index (Phi) is 6.32. The molecule has 1 amide bonds. The summed E-state index contributed by atoms with van der Waals surface area (Å²) < 4.78 is 4.61. The second-order valence-corrected chi connectivity index (χ2v) is 9.07. The number of aromatic nitrogens is 3. The average Bonchev–Trinajstić information content (AvgIpc) is 2.96. The van der Waals surface area contributed by atoms with Gasteiger partial charge in [0.2, 0.25) is 4.77 Å². The van der Waals surface area contributed by atoms with E-state index >= 15 is 0 Å². The van der Waals surface area contributed by atoms with Crippen LogP contribution in [0.25, 0.3) is 5.69 Å². The first-order valence-electron chi connectivity index (χ1n) is 9.91. The summed E-state index contributed by atoms with van der Waals surface area (Å²) >= 11 is 5.66. The number of para-hydroxylation sites is 1. The topological polar surface area (TPSA) is 60.7 Å². The molecule has 1 aromatic carbocycles. The number of hydrogen-bond acceptors (Lipinski definition) is 3. The minimum absolute atomic E-state index is 0.130. The summed E-state index contributed by atoms with van der Waals surface area (Å²) in [5.41, 5.74) is 2.08. The molecule has 3 rings (SSSR count). The standard InChI is InChI=1S/C20H30N6OS/c1-16-7-5-6-8-17(16)25-14-21-26(19(25)28)15-24-11-9-23(10-12-24)13-18(27)22-20(2,3)4/h5-8,14H,9-13,15H2,1-4H3,(H,22,27)/p+2. The van der Waals surface area contributed by atoms with Gasteiger partial charge in [0.15, 0.2) is 13.2 Å². The van der Waals surface area contributed by atoms with Crippen LogP contribution < -0.4 is 15.1 Å². The first kappa shape index (κ1) is 20.7. The van der Waals surface area contributed by atoms with E-state index in [9.17, 15) is 4.79 Å². The van der Waals surface area contributed by atoms with E-state index in [2.05, 4.69) is 29.5 Å². The number of rotatable bonds is 5. The van der Waals surface area contributed by atoms with Crippen molar-refractivity contribution >= 4 is 18.1 Å². The van der Waals surface area contributed by atoms with Gasteiger partial charge < -0.3 is 15.1 Å². The molecule has 2 heterocycles. The van der Waals surface area contributed by atoms with Crippen LogP contribution in [0.3, 0.4) is 0 Å². The van der Waals surface area contributed by atoms with Gasteiger partial charge in [-0.1, -0.05) is 18.2 Å².